The summed E-state index contributed by atoms with van der Waals surface area (Å²) >= 11 is 0. The van der Waals surface area contributed by atoms with Crippen LogP contribution in [0.4, 0.5) is 27.7 Å². The molecule has 0 atom stereocenters. The number of fused-ring (bicyclic) bond motifs is 1. The van der Waals surface area contributed by atoms with Crippen LogP contribution in [0.3, 0.4) is 0 Å². The molecule has 2 amide bonds. The zero-order chi connectivity index (χ0) is 32.9. The molecule has 0 spiro atoms. The molecule has 0 aliphatic carbocycles. The lowest BCUT2D eigenvalue weighted by Gasteiger charge is -2.24. The zero-order valence-corrected chi connectivity index (χ0v) is 27.9. The molecule has 4 rings (SSSR count). The molecule has 12 heteroatoms. The molecule has 0 unspecified atom stereocenters. The standard InChI is InChI=1S/C33H42N6O5S/c1-33(2,3)22-19-27(31(43-7)28(20-22)37-45(8,41)42)36-32(40)35-26-13-14-29(25-12-10-9-11-24(25)26)44-23-15-16-34-30(21-23)39(6)18-17-38(4)5/h9-16,19-21,37H,17-18H2,1-8H3,(H2,35,36,40). The van der Waals surface area contributed by atoms with Crippen molar-refractivity contribution in [3.8, 4) is 17.2 Å². The predicted octanol–water partition coefficient (Wildman–Crippen LogP) is 6.35. The molecule has 0 fully saturated rings. The third-order valence-corrected chi connectivity index (χ3v) is 7.64. The van der Waals surface area contributed by atoms with Crippen LogP contribution in [0.2, 0.25) is 0 Å². The van der Waals surface area contributed by atoms with E-state index in [1.165, 1.54) is 7.11 Å². The van der Waals surface area contributed by atoms with E-state index in [0.29, 0.717) is 22.9 Å². The van der Waals surface area contributed by atoms with Gasteiger partial charge in [0.1, 0.15) is 17.3 Å². The smallest absolute Gasteiger partial charge is 0.323 e. The molecule has 0 aliphatic heterocycles. The number of urea groups is 1. The molecule has 45 heavy (non-hydrogen) atoms. The summed E-state index contributed by atoms with van der Waals surface area (Å²) in [6.07, 6.45) is 2.78. The number of nitrogens with zero attached hydrogens (tertiary/aromatic N) is 3. The zero-order valence-electron chi connectivity index (χ0n) is 27.1. The Balaban J connectivity index is 1.60. The Morgan fingerprint density at radius 2 is 1.56 bits per heavy atom. The van der Waals surface area contributed by atoms with Crippen molar-refractivity contribution < 1.29 is 22.7 Å². The van der Waals surface area contributed by atoms with Crippen molar-refractivity contribution in [2.45, 2.75) is 26.2 Å². The Labute approximate surface area is 265 Å². The highest BCUT2D eigenvalue weighted by molar-refractivity contribution is 7.92. The average Bonchev–Trinajstić information content (AvgIpc) is 2.96. The van der Waals surface area contributed by atoms with Crippen LogP contribution in [0.15, 0.2) is 66.9 Å². The first-order valence-corrected chi connectivity index (χ1v) is 16.3. The van der Waals surface area contributed by atoms with Gasteiger partial charge in [-0.05, 0) is 55.4 Å². The number of carbonyl (C=O) groups is 1. The summed E-state index contributed by atoms with van der Waals surface area (Å²) in [6.45, 7) is 7.69. The largest absolute Gasteiger partial charge is 0.492 e. The van der Waals surface area contributed by atoms with Crippen LogP contribution in [0.1, 0.15) is 26.3 Å². The van der Waals surface area contributed by atoms with Crippen LogP contribution in [0.5, 0.6) is 17.2 Å². The van der Waals surface area contributed by atoms with Crippen LogP contribution >= 0.6 is 0 Å². The summed E-state index contributed by atoms with van der Waals surface area (Å²) < 4.78 is 38.5. The molecule has 0 saturated heterocycles. The molecule has 4 aromatic rings. The monoisotopic (exact) mass is 634 g/mol. The van der Waals surface area contributed by atoms with E-state index in [4.69, 9.17) is 9.47 Å². The normalized spacial score (nSPS) is 11.8. The van der Waals surface area contributed by atoms with Gasteiger partial charge in [-0.25, -0.2) is 18.2 Å². The number of benzene rings is 3. The number of ether oxygens (including phenoxy) is 2. The number of sulfonamides is 1. The molecular weight excluding hydrogens is 592 g/mol. The molecular formula is C33H42N6O5S. The van der Waals surface area contributed by atoms with Crippen LogP contribution < -0.4 is 29.7 Å². The summed E-state index contributed by atoms with van der Waals surface area (Å²) in [5.41, 5.74) is 1.59. The van der Waals surface area contributed by atoms with Crippen molar-refractivity contribution in [3.63, 3.8) is 0 Å². The molecule has 0 aliphatic rings. The number of hydrogen-bond donors (Lipinski definition) is 3. The molecule has 1 aromatic heterocycles. The molecule has 240 valence electrons. The molecule has 0 bridgehead atoms. The number of likely N-dealkylation sites (N-methyl/N-ethyl adjacent to an activating group) is 2. The van der Waals surface area contributed by atoms with Crippen molar-refractivity contribution in [2.24, 2.45) is 0 Å². The number of pyridine rings is 1. The Morgan fingerprint density at radius 1 is 0.889 bits per heavy atom. The fraction of sp³-hybridized carbons (Fsp3) is 0.333. The fourth-order valence-electron chi connectivity index (χ4n) is 4.66. The molecule has 0 radical (unpaired) electrons. The van der Waals surface area contributed by atoms with Gasteiger partial charge < -0.3 is 29.9 Å². The first kappa shape index (κ1) is 33.3. The van der Waals surface area contributed by atoms with Crippen LogP contribution in [0, 0.1) is 0 Å². The lowest BCUT2D eigenvalue weighted by Crippen LogP contribution is -2.28. The molecule has 1 heterocycles. The quantitative estimate of drug-likeness (QED) is 0.174. The number of aromatic nitrogens is 1. The van der Waals surface area contributed by atoms with Gasteiger partial charge in [0.05, 0.1) is 30.4 Å². The maximum absolute atomic E-state index is 13.4. The van der Waals surface area contributed by atoms with Crippen LogP contribution in [-0.4, -0.2) is 71.9 Å². The highest BCUT2D eigenvalue weighted by atomic mass is 32.2. The van der Waals surface area contributed by atoms with Gasteiger partial charge in [-0.2, -0.15) is 0 Å². The first-order chi connectivity index (χ1) is 21.1. The van der Waals surface area contributed by atoms with E-state index in [0.717, 1.165) is 41.5 Å². The maximum Gasteiger partial charge on any atom is 0.323 e. The molecule has 0 saturated carbocycles. The van der Waals surface area contributed by atoms with Gasteiger partial charge in [0.15, 0.2) is 5.75 Å². The second kappa shape index (κ2) is 13.6. The van der Waals surface area contributed by atoms with Gasteiger partial charge in [-0.1, -0.05) is 45.0 Å². The third kappa shape index (κ3) is 8.77. The van der Waals surface area contributed by atoms with Gasteiger partial charge in [-0.15, -0.1) is 0 Å². The number of nitrogens with one attached hydrogen (secondary N) is 3. The van der Waals surface area contributed by atoms with E-state index < -0.39 is 16.1 Å². The summed E-state index contributed by atoms with van der Waals surface area (Å²) in [4.78, 5) is 22.0. The topological polar surface area (TPSA) is 125 Å². The Morgan fingerprint density at radius 3 is 2.20 bits per heavy atom. The second-order valence-electron chi connectivity index (χ2n) is 12.1. The highest BCUT2D eigenvalue weighted by Crippen LogP contribution is 2.40. The maximum atomic E-state index is 13.4. The minimum absolute atomic E-state index is 0.196. The third-order valence-electron chi connectivity index (χ3n) is 7.05. The fourth-order valence-corrected chi connectivity index (χ4v) is 5.21. The van der Waals surface area contributed by atoms with Crippen molar-refractivity contribution in [1.82, 2.24) is 9.88 Å². The Kier molecular flexibility index (Phi) is 10.1. The number of methoxy groups -OCH3 is 1. The summed E-state index contributed by atoms with van der Waals surface area (Å²) in [7, 11) is 3.87. The van der Waals surface area contributed by atoms with E-state index in [9.17, 15) is 13.2 Å². The SMILES string of the molecule is COc1c(NC(=O)Nc2ccc(Oc3ccnc(N(C)CCN(C)C)c3)c3ccccc23)cc(C(C)(C)C)cc1NS(C)(=O)=O. The minimum Gasteiger partial charge on any atom is -0.492 e. The highest BCUT2D eigenvalue weighted by Gasteiger charge is 2.22. The van der Waals surface area contributed by atoms with Gasteiger partial charge in [0.25, 0.3) is 0 Å². The minimum atomic E-state index is -3.61. The van der Waals surface area contributed by atoms with Crippen molar-refractivity contribution in [1.29, 1.82) is 0 Å². The lowest BCUT2D eigenvalue weighted by molar-refractivity contribution is 0.262. The van der Waals surface area contributed by atoms with Crippen molar-refractivity contribution >= 4 is 49.7 Å². The lowest BCUT2D eigenvalue weighted by atomic mass is 9.86. The van der Waals surface area contributed by atoms with E-state index in [1.807, 2.05) is 84.4 Å². The van der Waals surface area contributed by atoms with Crippen LogP contribution in [-0.2, 0) is 15.4 Å². The summed E-state index contributed by atoms with van der Waals surface area (Å²) in [6, 6.07) is 17.9. The van der Waals surface area contributed by atoms with Gasteiger partial charge in [0.2, 0.25) is 10.0 Å². The average molecular weight is 635 g/mol. The number of hydrogen-bond acceptors (Lipinski definition) is 8. The summed E-state index contributed by atoms with van der Waals surface area (Å²) in [5.74, 6) is 2.26. The number of carbonyl (C=O) groups excluding carboxylic acids is 1. The first-order valence-electron chi connectivity index (χ1n) is 14.4. The Hall–Kier alpha value is -4.55. The molecule has 3 aromatic carbocycles. The number of anilines is 4. The summed E-state index contributed by atoms with van der Waals surface area (Å²) in [5, 5.41) is 7.36. The van der Waals surface area contributed by atoms with Gasteiger partial charge in [-0.3, -0.25) is 4.72 Å². The van der Waals surface area contributed by atoms with Gasteiger partial charge >= 0.3 is 6.03 Å². The van der Waals surface area contributed by atoms with E-state index in [1.54, 1.807) is 24.4 Å². The van der Waals surface area contributed by atoms with E-state index >= 15 is 0 Å². The number of rotatable bonds is 11. The van der Waals surface area contributed by atoms with Crippen LogP contribution in [0.25, 0.3) is 10.8 Å². The van der Waals surface area contributed by atoms with E-state index in [2.05, 4.69) is 30.1 Å². The van der Waals surface area contributed by atoms with Crippen molar-refractivity contribution in [2.75, 3.05) is 67.9 Å². The number of amides is 2. The molecule has 3 N–H and O–H groups in total. The van der Waals surface area contributed by atoms with Gasteiger partial charge in [0, 0.05) is 43.2 Å². The second-order valence-corrected chi connectivity index (χ2v) is 13.9. The Bertz CT molecular complexity index is 1790. The molecule has 11 nitrogen and oxygen atoms in total. The predicted molar refractivity (Wildman–Crippen MR) is 183 cm³/mol. The van der Waals surface area contributed by atoms with Crippen molar-refractivity contribution in [3.05, 3.63) is 72.4 Å². The van der Waals surface area contributed by atoms with E-state index in [-0.39, 0.29) is 16.9 Å².